The summed E-state index contributed by atoms with van der Waals surface area (Å²) >= 11 is 0. The van der Waals surface area contributed by atoms with E-state index in [0.717, 1.165) is 23.1 Å². The number of carbonyl (C=O) groups excluding carboxylic acids is 1. The Morgan fingerprint density at radius 1 is 1.37 bits per heavy atom. The van der Waals surface area contributed by atoms with Gasteiger partial charge in [-0.3, -0.25) is 0 Å². The molecule has 1 aromatic rings. The van der Waals surface area contributed by atoms with Crippen LogP contribution < -0.4 is 19.5 Å². The molecule has 0 amide bonds. The molecule has 8 heteroatoms. The standard InChI is InChI=1S/C27H36N2O6/c1-7-33-26(30)21-13-17(8-10-29-11-9-28-23(29)12-16(2)3)24-20(34-21)15-19-18(25(24)32-6)14-22(35-19)27(4,5)31/h8-9,11,13,15-16,22-23,28,31H,7,10,12,14H2,1-6H3/b17-8+/t22-,23?/m0/s1. The predicted molar refractivity (Wildman–Crippen MR) is 133 cm³/mol. The molecule has 190 valence electrons. The van der Waals surface area contributed by atoms with Crippen molar-refractivity contribution in [3.8, 4) is 17.2 Å². The van der Waals surface area contributed by atoms with Gasteiger partial charge < -0.3 is 34.3 Å². The minimum absolute atomic E-state index is 0.110. The number of nitrogens with one attached hydrogen (secondary N) is 1. The van der Waals surface area contributed by atoms with Gasteiger partial charge in [-0.2, -0.15) is 0 Å². The fourth-order valence-corrected chi connectivity index (χ4v) is 4.62. The van der Waals surface area contributed by atoms with E-state index in [4.69, 9.17) is 18.9 Å². The van der Waals surface area contributed by atoms with Gasteiger partial charge in [0, 0.05) is 37.0 Å². The number of allylic oxidation sites excluding steroid dienone is 2. The van der Waals surface area contributed by atoms with E-state index in [9.17, 15) is 9.90 Å². The Bertz CT molecular complexity index is 1070. The minimum atomic E-state index is -1.03. The number of methoxy groups -OCH3 is 1. The second-order valence-electron chi connectivity index (χ2n) is 10.0. The van der Waals surface area contributed by atoms with Crippen LogP contribution >= 0.6 is 0 Å². The molecule has 4 rings (SSSR count). The van der Waals surface area contributed by atoms with Gasteiger partial charge >= 0.3 is 5.97 Å². The maximum absolute atomic E-state index is 12.6. The molecule has 8 nitrogen and oxygen atoms in total. The molecular weight excluding hydrogens is 448 g/mol. The molecule has 2 atom stereocenters. The number of benzene rings is 1. The summed E-state index contributed by atoms with van der Waals surface area (Å²) in [7, 11) is 1.61. The largest absolute Gasteiger partial charge is 0.496 e. The monoisotopic (exact) mass is 484 g/mol. The van der Waals surface area contributed by atoms with Gasteiger partial charge in [0.2, 0.25) is 5.76 Å². The van der Waals surface area contributed by atoms with E-state index in [-0.39, 0.29) is 18.5 Å². The summed E-state index contributed by atoms with van der Waals surface area (Å²) in [5.41, 5.74) is 1.42. The van der Waals surface area contributed by atoms with Gasteiger partial charge in [-0.15, -0.1) is 0 Å². The molecule has 0 aromatic heterocycles. The third kappa shape index (κ3) is 5.12. The molecule has 2 N–H and O–H groups in total. The van der Waals surface area contributed by atoms with Gasteiger partial charge in [-0.05, 0) is 44.8 Å². The normalized spacial score (nSPS) is 21.8. The molecule has 1 aromatic carbocycles. The molecule has 3 aliphatic heterocycles. The quantitative estimate of drug-likeness (QED) is 0.540. The Kier molecular flexibility index (Phi) is 7.03. The van der Waals surface area contributed by atoms with Crippen LogP contribution in [0.4, 0.5) is 0 Å². The molecule has 0 radical (unpaired) electrons. The lowest BCUT2D eigenvalue weighted by molar-refractivity contribution is -0.141. The van der Waals surface area contributed by atoms with Crippen molar-refractivity contribution in [2.45, 2.75) is 65.3 Å². The summed E-state index contributed by atoms with van der Waals surface area (Å²) in [6.45, 7) is 10.5. The van der Waals surface area contributed by atoms with E-state index in [1.807, 2.05) is 12.4 Å². The highest BCUT2D eigenvalue weighted by atomic mass is 16.6. The highest BCUT2D eigenvalue weighted by Crippen LogP contribution is 2.50. The molecule has 0 aliphatic carbocycles. The van der Waals surface area contributed by atoms with Gasteiger partial charge in [0.15, 0.2) is 0 Å². The van der Waals surface area contributed by atoms with Crippen molar-refractivity contribution in [3.63, 3.8) is 0 Å². The van der Waals surface area contributed by atoms with Gasteiger partial charge in [0.25, 0.3) is 0 Å². The number of nitrogens with zero attached hydrogens (tertiary/aromatic N) is 1. The summed E-state index contributed by atoms with van der Waals surface area (Å²) < 4.78 is 23.1. The topological polar surface area (TPSA) is 89.5 Å². The van der Waals surface area contributed by atoms with Crippen molar-refractivity contribution < 1.29 is 28.8 Å². The van der Waals surface area contributed by atoms with Crippen LogP contribution in [-0.4, -0.2) is 54.1 Å². The third-order valence-electron chi connectivity index (χ3n) is 6.40. The lowest BCUT2D eigenvalue weighted by Gasteiger charge is -2.27. The van der Waals surface area contributed by atoms with Crippen LogP contribution in [-0.2, 0) is 16.0 Å². The van der Waals surface area contributed by atoms with E-state index in [0.29, 0.717) is 36.1 Å². The number of rotatable bonds is 8. The summed E-state index contributed by atoms with van der Waals surface area (Å²) in [6.07, 6.45) is 9.10. The second-order valence-corrected chi connectivity index (χ2v) is 10.0. The molecular formula is C27H36N2O6. The zero-order chi connectivity index (χ0) is 25.3. The van der Waals surface area contributed by atoms with E-state index < -0.39 is 17.7 Å². The second kappa shape index (κ2) is 9.85. The van der Waals surface area contributed by atoms with Crippen molar-refractivity contribution in [1.29, 1.82) is 0 Å². The number of fused-ring (bicyclic) bond motifs is 2. The van der Waals surface area contributed by atoms with Crippen molar-refractivity contribution in [2.75, 3.05) is 20.3 Å². The first-order valence-corrected chi connectivity index (χ1v) is 12.2. The van der Waals surface area contributed by atoms with Crippen molar-refractivity contribution in [1.82, 2.24) is 10.2 Å². The number of hydrogen-bond acceptors (Lipinski definition) is 8. The molecule has 0 bridgehead atoms. The Labute approximate surface area is 207 Å². The van der Waals surface area contributed by atoms with Gasteiger partial charge in [0.05, 0.1) is 31.0 Å². The number of aliphatic hydroxyl groups is 1. The molecule has 0 saturated heterocycles. The first-order valence-electron chi connectivity index (χ1n) is 12.2. The molecule has 1 unspecified atom stereocenters. The van der Waals surface area contributed by atoms with Crippen LogP contribution in [0.25, 0.3) is 5.57 Å². The lowest BCUT2D eigenvalue weighted by atomic mass is 9.92. The van der Waals surface area contributed by atoms with Gasteiger partial charge in [0.1, 0.15) is 23.4 Å². The Morgan fingerprint density at radius 2 is 2.14 bits per heavy atom. The first-order chi connectivity index (χ1) is 16.6. The minimum Gasteiger partial charge on any atom is -0.496 e. The number of ether oxygens (including phenoxy) is 4. The van der Waals surface area contributed by atoms with Crippen LogP contribution in [0.2, 0.25) is 0 Å². The Balaban J connectivity index is 1.74. The molecule has 0 spiro atoms. The molecule has 35 heavy (non-hydrogen) atoms. The van der Waals surface area contributed by atoms with E-state index in [1.165, 1.54) is 0 Å². The maximum atomic E-state index is 12.6. The molecule has 0 saturated carbocycles. The fourth-order valence-electron chi connectivity index (χ4n) is 4.62. The predicted octanol–water partition coefficient (Wildman–Crippen LogP) is 3.74. The van der Waals surface area contributed by atoms with Crippen LogP contribution in [0.15, 0.2) is 36.4 Å². The average Bonchev–Trinajstić information content (AvgIpc) is 3.41. The van der Waals surface area contributed by atoms with E-state index in [1.54, 1.807) is 40.0 Å². The molecule has 3 aliphatic rings. The zero-order valence-corrected chi connectivity index (χ0v) is 21.4. The SMILES string of the molecule is CCOC(=O)C1=C/C(=C\CN2C=CNC2CC(C)C)c2c(cc3c(c2OC)C[C@@H](C(C)(C)O)O3)O1. The van der Waals surface area contributed by atoms with Crippen LogP contribution in [0.5, 0.6) is 17.2 Å². The van der Waals surface area contributed by atoms with Crippen LogP contribution in [0.1, 0.15) is 52.2 Å². The van der Waals surface area contributed by atoms with Crippen molar-refractivity contribution >= 4 is 11.5 Å². The smallest absolute Gasteiger partial charge is 0.374 e. The number of carbonyl (C=O) groups is 1. The number of hydrogen-bond donors (Lipinski definition) is 2. The van der Waals surface area contributed by atoms with Gasteiger partial charge in [-0.25, -0.2) is 4.79 Å². The summed E-state index contributed by atoms with van der Waals surface area (Å²) in [6, 6.07) is 1.78. The van der Waals surface area contributed by atoms with Crippen LogP contribution in [0, 0.1) is 5.92 Å². The molecule has 0 fully saturated rings. The Morgan fingerprint density at radius 3 is 2.80 bits per heavy atom. The zero-order valence-electron chi connectivity index (χ0n) is 21.4. The van der Waals surface area contributed by atoms with Crippen molar-refractivity contribution in [2.24, 2.45) is 5.92 Å². The highest BCUT2D eigenvalue weighted by molar-refractivity contribution is 5.95. The maximum Gasteiger partial charge on any atom is 0.374 e. The van der Waals surface area contributed by atoms with Gasteiger partial charge in [-0.1, -0.05) is 19.9 Å². The molecule has 3 heterocycles. The average molecular weight is 485 g/mol. The third-order valence-corrected chi connectivity index (χ3v) is 6.40. The van der Waals surface area contributed by atoms with E-state index >= 15 is 0 Å². The number of esters is 1. The highest BCUT2D eigenvalue weighted by Gasteiger charge is 2.39. The fraction of sp³-hybridized carbons (Fsp3) is 0.519. The van der Waals surface area contributed by atoms with Crippen molar-refractivity contribution in [3.05, 3.63) is 47.5 Å². The first kappa shape index (κ1) is 25.0. The summed E-state index contributed by atoms with van der Waals surface area (Å²) in [5.74, 6) is 1.80. The van der Waals surface area contributed by atoms with E-state index in [2.05, 4.69) is 30.1 Å². The summed E-state index contributed by atoms with van der Waals surface area (Å²) in [5, 5.41) is 13.9. The summed E-state index contributed by atoms with van der Waals surface area (Å²) in [4.78, 5) is 14.8. The lowest BCUT2D eigenvalue weighted by Crippen LogP contribution is -2.39. The Hall–Kier alpha value is -3.13. The van der Waals surface area contributed by atoms with Crippen LogP contribution in [0.3, 0.4) is 0 Å².